The number of carbonyl (C=O) groups is 2. The number of benzene rings is 2. The summed E-state index contributed by atoms with van der Waals surface area (Å²) in [5.41, 5.74) is -1.39. The van der Waals surface area contributed by atoms with Crippen LogP contribution in [0.15, 0.2) is 60.7 Å². The summed E-state index contributed by atoms with van der Waals surface area (Å²) in [6.45, 7) is 9.04. The number of aliphatic hydroxyl groups is 3. The minimum absolute atomic E-state index is 0.0393. The average molecular weight is 586 g/mol. The number of hydrogen-bond acceptors (Lipinski definition) is 8. The van der Waals surface area contributed by atoms with Crippen LogP contribution in [0.1, 0.15) is 45.7 Å². The molecule has 232 valence electrons. The highest BCUT2D eigenvalue weighted by Crippen LogP contribution is 2.37. The lowest BCUT2D eigenvalue weighted by molar-refractivity contribution is -0.149. The Balaban J connectivity index is 1.66. The van der Waals surface area contributed by atoms with Gasteiger partial charge in [-0.3, -0.25) is 4.79 Å². The van der Waals surface area contributed by atoms with Crippen molar-refractivity contribution in [2.45, 2.75) is 83.0 Å². The number of amides is 2. The van der Waals surface area contributed by atoms with E-state index in [0.717, 1.165) is 11.1 Å². The van der Waals surface area contributed by atoms with Gasteiger partial charge in [0.25, 0.3) is 5.91 Å². The highest BCUT2D eigenvalue weighted by molar-refractivity contribution is 5.86. The Morgan fingerprint density at radius 2 is 1.33 bits per heavy atom. The summed E-state index contributed by atoms with van der Waals surface area (Å²) in [4.78, 5) is 25.8. The van der Waals surface area contributed by atoms with Crippen molar-refractivity contribution >= 4 is 12.0 Å². The summed E-state index contributed by atoms with van der Waals surface area (Å²) >= 11 is 0. The molecule has 0 spiro atoms. The number of carbonyl (C=O) groups excluding carboxylic acids is 2. The molecule has 2 aromatic carbocycles. The van der Waals surface area contributed by atoms with Crippen LogP contribution in [-0.4, -0.2) is 89.1 Å². The van der Waals surface area contributed by atoms with E-state index in [4.69, 9.17) is 9.47 Å². The van der Waals surface area contributed by atoms with E-state index in [2.05, 4.69) is 16.0 Å². The second kappa shape index (κ2) is 14.4. The third-order valence-corrected chi connectivity index (χ3v) is 7.52. The summed E-state index contributed by atoms with van der Waals surface area (Å²) in [5, 5.41) is 42.1. The van der Waals surface area contributed by atoms with Crippen LogP contribution in [0.25, 0.3) is 0 Å². The van der Waals surface area contributed by atoms with Crippen molar-refractivity contribution in [3.63, 3.8) is 0 Å². The van der Waals surface area contributed by atoms with Crippen molar-refractivity contribution in [2.75, 3.05) is 26.3 Å². The predicted molar refractivity (Wildman–Crippen MR) is 160 cm³/mol. The number of alkyl carbamates (subject to hydrolysis) is 1. The minimum atomic E-state index is -1.73. The van der Waals surface area contributed by atoms with Crippen molar-refractivity contribution in [3.8, 4) is 0 Å². The lowest BCUT2D eigenvalue weighted by atomic mass is 9.77. The van der Waals surface area contributed by atoms with Crippen LogP contribution < -0.4 is 16.0 Å². The van der Waals surface area contributed by atoms with Gasteiger partial charge in [0, 0.05) is 18.5 Å². The third-order valence-electron chi connectivity index (χ3n) is 7.52. The second-order valence-corrected chi connectivity index (χ2v) is 12.7. The first-order valence-electron chi connectivity index (χ1n) is 14.5. The van der Waals surface area contributed by atoms with E-state index in [1.165, 1.54) is 0 Å². The fraction of sp³-hybridized carbons (Fsp3) is 0.562. The van der Waals surface area contributed by atoms with Crippen molar-refractivity contribution in [1.82, 2.24) is 16.0 Å². The summed E-state index contributed by atoms with van der Waals surface area (Å²) < 4.78 is 10.8. The van der Waals surface area contributed by atoms with Crippen molar-refractivity contribution in [3.05, 3.63) is 71.8 Å². The van der Waals surface area contributed by atoms with Gasteiger partial charge < -0.3 is 40.7 Å². The predicted octanol–water partition coefficient (Wildman–Crippen LogP) is 1.95. The Morgan fingerprint density at radius 1 is 0.857 bits per heavy atom. The molecule has 3 rings (SSSR count). The first-order chi connectivity index (χ1) is 19.7. The topological polar surface area (TPSA) is 149 Å². The maximum absolute atomic E-state index is 13.3. The van der Waals surface area contributed by atoms with Crippen LogP contribution in [0.4, 0.5) is 4.79 Å². The van der Waals surface area contributed by atoms with E-state index in [1.807, 2.05) is 60.7 Å². The van der Waals surface area contributed by atoms with Crippen molar-refractivity contribution in [1.29, 1.82) is 0 Å². The number of nitrogens with one attached hydrogen (secondary N) is 3. The smallest absolute Gasteiger partial charge is 0.407 e. The van der Waals surface area contributed by atoms with Gasteiger partial charge in [-0.1, -0.05) is 74.5 Å². The molecule has 1 fully saturated rings. The van der Waals surface area contributed by atoms with E-state index in [-0.39, 0.29) is 26.3 Å². The number of rotatable bonds is 13. The standard InChI is InChI=1S/C32H47N3O7/c1-30(2,3)42-29(39)35-25(17-23-14-10-7-11-15-23)27(37)19-33-18-26(36)24(16-22-12-8-6-9-13-22)34-28(38)32(40)21-41-20-31(32,4)5/h6-15,24-27,33,36-37,40H,16-21H2,1-5H3,(H,34,38)(H,35,39)/t24-,25-,26+,27+,32?/m0/s1. The molecular weight excluding hydrogens is 538 g/mol. The summed E-state index contributed by atoms with van der Waals surface area (Å²) in [7, 11) is 0. The maximum atomic E-state index is 13.3. The second-order valence-electron chi connectivity index (χ2n) is 12.7. The Kier molecular flexibility index (Phi) is 11.5. The first kappa shape index (κ1) is 33.5. The maximum Gasteiger partial charge on any atom is 0.407 e. The molecule has 0 aromatic heterocycles. The normalized spacial score (nSPS) is 21.1. The molecule has 0 bridgehead atoms. The molecule has 1 saturated heterocycles. The van der Waals surface area contributed by atoms with Crippen molar-refractivity contribution in [2.24, 2.45) is 5.41 Å². The van der Waals surface area contributed by atoms with Gasteiger partial charge >= 0.3 is 6.09 Å². The van der Waals surface area contributed by atoms with E-state index in [1.54, 1.807) is 34.6 Å². The molecule has 1 aliphatic rings. The number of hydrogen-bond donors (Lipinski definition) is 6. The van der Waals surface area contributed by atoms with Gasteiger partial charge in [0.05, 0.1) is 37.5 Å². The molecule has 2 aromatic rings. The summed E-state index contributed by atoms with van der Waals surface area (Å²) in [6.07, 6.45) is -2.00. The largest absolute Gasteiger partial charge is 0.444 e. The summed E-state index contributed by atoms with van der Waals surface area (Å²) in [5.74, 6) is -0.602. The zero-order chi connectivity index (χ0) is 31.0. The molecule has 2 amide bonds. The Bertz CT molecular complexity index is 1140. The molecular formula is C32H47N3O7. The Labute approximate surface area is 248 Å². The third kappa shape index (κ3) is 9.50. The SMILES string of the molecule is CC(C)(C)OC(=O)N[C@@H](Cc1ccccc1)[C@H](O)CNC[C@@H](O)[C@H](Cc1ccccc1)NC(=O)C1(O)COCC1(C)C. The number of aliphatic hydroxyl groups excluding tert-OH is 2. The van der Waals surface area contributed by atoms with Gasteiger partial charge in [0.1, 0.15) is 5.60 Å². The Morgan fingerprint density at radius 3 is 1.76 bits per heavy atom. The molecule has 10 heteroatoms. The van der Waals surface area contributed by atoms with Crippen LogP contribution in [0.5, 0.6) is 0 Å². The van der Waals surface area contributed by atoms with Crippen LogP contribution >= 0.6 is 0 Å². The van der Waals surface area contributed by atoms with Crippen LogP contribution in [0, 0.1) is 5.41 Å². The van der Waals surface area contributed by atoms with Gasteiger partial charge in [-0.2, -0.15) is 0 Å². The lowest BCUT2D eigenvalue weighted by Crippen LogP contribution is -2.60. The molecule has 1 unspecified atom stereocenters. The monoisotopic (exact) mass is 585 g/mol. The Hall–Kier alpha value is -3.02. The van der Waals surface area contributed by atoms with Crippen molar-refractivity contribution < 1.29 is 34.4 Å². The zero-order valence-corrected chi connectivity index (χ0v) is 25.3. The van der Waals surface area contributed by atoms with Crippen LogP contribution in [-0.2, 0) is 27.1 Å². The van der Waals surface area contributed by atoms with Gasteiger partial charge in [0.15, 0.2) is 5.60 Å². The molecule has 5 atom stereocenters. The molecule has 0 saturated carbocycles. The molecule has 0 radical (unpaired) electrons. The molecule has 0 aliphatic carbocycles. The quantitative estimate of drug-likeness (QED) is 0.209. The molecule has 6 N–H and O–H groups in total. The summed E-state index contributed by atoms with van der Waals surface area (Å²) in [6, 6.07) is 17.5. The molecule has 1 heterocycles. The van der Waals surface area contributed by atoms with Gasteiger partial charge in [-0.15, -0.1) is 0 Å². The molecule has 10 nitrogen and oxygen atoms in total. The fourth-order valence-corrected chi connectivity index (χ4v) is 4.85. The van der Waals surface area contributed by atoms with E-state index >= 15 is 0 Å². The van der Waals surface area contributed by atoms with Gasteiger partial charge in [0.2, 0.25) is 0 Å². The van der Waals surface area contributed by atoms with E-state index in [0.29, 0.717) is 12.8 Å². The molecule has 42 heavy (non-hydrogen) atoms. The minimum Gasteiger partial charge on any atom is -0.444 e. The highest BCUT2D eigenvalue weighted by atomic mass is 16.6. The van der Waals surface area contributed by atoms with Crippen LogP contribution in [0.3, 0.4) is 0 Å². The van der Waals surface area contributed by atoms with Gasteiger partial charge in [-0.05, 0) is 44.7 Å². The van der Waals surface area contributed by atoms with Crippen LogP contribution in [0.2, 0.25) is 0 Å². The van der Waals surface area contributed by atoms with Gasteiger partial charge in [-0.25, -0.2) is 4.79 Å². The number of ether oxygens (including phenoxy) is 2. The van der Waals surface area contributed by atoms with E-state index in [9.17, 15) is 24.9 Å². The first-order valence-corrected chi connectivity index (χ1v) is 14.5. The zero-order valence-electron chi connectivity index (χ0n) is 25.3. The fourth-order valence-electron chi connectivity index (χ4n) is 4.85. The highest BCUT2D eigenvalue weighted by Gasteiger charge is 2.55. The lowest BCUT2D eigenvalue weighted by Gasteiger charge is -2.35. The average Bonchev–Trinajstić information content (AvgIpc) is 3.20. The molecule has 1 aliphatic heterocycles. The van der Waals surface area contributed by atoms with E-state index < -0.39 is 52.9 Å².